The molecule has 4 N–H and O–H groups in total. The Kier molecular flexibility index (Phi) is 14.2. The van der Waals surface area contributed by atoms with Gasteiger partial charge in [-0.15, -0.1) is 0 Å². The van der Waals surface area contributed by atoms with E-state index in [1.54, 1.807) is 43.0 Å². The van der Waals surface area contributed by atoms with Gasteiger partial charge < -0.3 is 39.9 Å². The highest BCUT2D eigenvalue weighted by Crippen LogP contribution is 2.30. The number of ether oxygens (including phenoxy) is 2. The van der Waals surface area contributed by atoms with Gasteiger partial charge in [0.15, 0.2) is 0 Å². The number of alkyl carbamates (subject to hydrolysis) is 2. The van der Waals surface area contributed by atoms with Crippen LogP contribution in [0, 0.1) is 0 Å². The number of imidazole rings is 2. The minimum absolute atomic E-state index is 0.152. The molecule has 0 fully saturated rings. The summed E-state index contributed by atoms with van der Waals surface area (Å²) in [5, 5.41) is 7.40. The van der Waals surface area contributed by atoms with Gasteiger partial charge in [-0.1, -0.05) is 92.7 Å². The quantitative estimate of drug-likeness (QED) is 0.0753. The summed E-state index contributed by atoms with van der Waals surface area (Å²) in [6, 6.07) is 29.1. The van der Waals surface area contributed by atoms with Crippen molar-refractivity contribution < 1.29 is 28.7 Å². The number of aromatic nitrogens is 4. The molecule has 14 nitrogen and oxygen atoms in total. The Labute approximate surface area is 356 Å². The third-order valence-electron chi connectivity index (χ3n) is 9.88. The van der Waals surface area contributed by atoms with Gasteiger partial charge >= 0.3 is 12.2 Å². The van der Waals surface area contributed by atoms with Gasteiger partial charge in [0.05, 0.1) is 44.0 Å². The number of carbonyl (C=O) groups is 4. The molecule has 6 aromatic rings. The SMILES string of the molecule is CCCN(Cc1ncc(-c2ccc3cc(-c4ccc(-c5cnc(CN(CCC)C(=O)[C@H](NC(=O)OC(C)(C)C)c6ccccc6)[nH]5)cc4)ccc3c2)[nH]1)C(=O)CNC(=O)OC. The summed E-state index contributed by atoms with van der Waals surface area (Å²) in [6.45, 7) is 10.7. The first-order valence-electron chi connectivity index (χ1n) is 20.5. The second kappa shape index (κ2) is 19.9. The Bertz CT molecular complexity index is 2440. The van der Waals surface area contributed by atoms with Crippen LogP contribution in [-0.4, -0.2) is 86.1 Å². The summed E-state index contributed by atoms with van der Waals surface area (Å²) >= 11 is 0. The molecule has 0 saturated heterocycles. The number of nitrogens with zero attached hydrogens (tertiary/aromatic N) is 4. The molecule has 2 aromatic heterocycles. The first kappa shape index (κ1) is 43.6. The van der Waals surface area contributed by atoms with Gasteiger partial charge in [0.2, 0.25) is 11.8 Å². The standard InChI is InChI=1S/C47H54N8O6/c1-7-22-54(42(56)28-50-45(58)60-6)29-40-49-27-39(52-40)37-21-20-35-24-34(18-19-36(35)25-37)31-14-16-32(17-15-31)38-26-48-41(51-38)30-55(23-8-2)44(57)43(33-12-10-9-11-13-33)53-46(59)61-47(3,4)5/h9-21,24-27,43H,7-8,22-23,28-30H2,1-6H3,(H,48,51)(H,49,52)(H,50,58)(H,53,59)/t43-/m1/s1. The number of methoxy groups -OCH3 is 1. The fourth-order valence-electron chi connectivity index (χ4n) is 6.95. The molecular weight excluding hydrogens is 773 g/mol. The number of aromatic amines is 2. The third-order valence-corrected chi connectivity index (χ3v) is 9.88. The Morgan fingerprint density at radius 2 is 1.23 bits per heavy atom. The van der Waals surface area contributed by atoms with E-state index < -0.39 is 23.8 Å². The fourth-order valence-corrected chi connectivity index (χ4v) is 6.95. The molecule has 2 heterocycles. The molecule has 0 aliphatic carbocycles. The number of rotatable bonds is 16. The summed E-state index contributed by atoms with van der Waals surface area (Å²) in [6.07, 6.45) is 3.71. The number of hydrogen-bond acceptors (Lipinski definition) is 8. The molecule has 318 valence electrons. The topological polar surface area (TPSA) is 175 Å². The zero-order valence-electron chi connectivity index (χ0n) is 35.6. The normalized spacial score (nSPS) is 11.8. The van der Waals surface area contributed by atoms with Crippen LogP contribution in [0.5, 0.6) is 0 Å². The highest BCUT2D eigenvalue weighted by molar-refractivity contribution is 5.91. The minimum atomic E-state index is -0.927. The number of nitrogens with one attached hydrogen (secondary N) is 4. The molecule has 0 unspecified atom stereocenters. The Hall–Kier alpha value is -6.96. The van der Waals surface area contributed by atoms with Crippen molar-refractivity contribution in [3.8, 4) is 33.6 Å². The fraction of sp³-hybridized carbons (Fsp3) is 0.319. The second-order valence-corrected chi connectivity index (χ2v) is 15.8. The molecule has 4 amide bonds. The molecule has 0 saturated carbocycles. The van der Waals surface area contributed by atoms with E-state index in [-0.39, 0.29) is 31.4 Å². The molecule has 14 heteroatoms. The van der Waals surface area contributed by atoms with Gasteiger partial charge in [-0.3, -0.25) is 9.59 Å². The van der Waals surface area contributed by atoms with Crippen molar-refractivity contribution in [1.29, 1.82) is 0 Å². The first-order valence-corrected chi connectivity index (χ1v) is 20.5. The van der Waals surface area contributed by atoms with Crippen LogP contribution in [0.1, 0.15) is 70.7 Å². The maximum absolute atomic E-state index is 14.0. The lowest BCUT2D eigenvalue weighted by atomic mass is 9.98. The van der Waals surface area contributed by atoms with Crippen molar-refractivity contribution in [2.24, 2.45) is 0 Å². The van der Waals surface area contributed by atoms with Crippen molar-refractivity contribution in [2.75, 3.05) is 26.7 Å². The van der Waals surface area contributed by atoms with Crippen LogP contribution in [-0.2, 0) is 32.2 Å². The number of carbonyl (C=O) groups excluding carboxylic acids is 4. The molecular formula is C47H54N8O6. The van der Waals surface area contributed by atoms with Gasteiger partial charge in [-0.2, -0.15) is 0 Å². The van der Waals surface area contributed by atoms with Crippen LogP contribution in [0.4, 0.5) is 9.59 Å². The van der Waals surface area contributed by atoms with Crippen molar-refractivity contribution in [2.45, 2.75) is 72.2 Å². The Morgan fingerprint density at radius 1 is 0.689 bits per heavy atom. The Morgan fingerprint density at radius 3 is 1.84 bits per heavy atom. The van der Waals surface area contributed by atoms with Crippen LogP contribution in [0.15, 0.2) is 103 Å². The zero-order valence-corrected chi connectivity index (χ0v) is 35.6. The highest BCUT2D eigenvalue weighted by Gasteiger charge is 2.30. The van der Waals surface area contributed by atoms with E-state index in [1.165, 1.54) is 7.11 Å². The van der Waals surface area contributed by atoms with Crippen LogP contribution in [0.2, 0.25) is 0 Å². The van der Waals surface area contributed by atoms with Gasteiger partial charge in [0, 0.05) is 18.7 Å². The van der Waals surface area contributed by atoms with Crippen molar-refractivity contribution in [1.82, 2.24) is 40.4 Å². The zero-order chi connectivity index (χ0) is 43.5. The summed E-state index contributed by atoms with van der Waals surface area (Å²) in [5.41, 5.74) is 5.67. The third kappa shape index (κ3) is 11.6. The van der Waals surface area contributed by atoms with Crippen LogP contribution >= 0.6 is 0 Å². The summed E-state index contributed by atoms with van der Waals surface area (Å²) in [7, 11) is 1.26. The maximum Gasteiger partial charge on any atom is 0.408 e. The number of amides is 4. The lowest BCUT2D eigenvalue weighted by molar-refractivity contribution is -0.134. The highest BCUT2D eigenvalue weighted by atomic mass is 16.6. The molecule has 0 bridgehead atoms. The number of benzene rings is 4. The molecule has 4 aromatic carbocycles. The van der Waals surface area contributed by atoms with Crippen molar-refractivity contribution >= 4 is 34.8 Å². The van der Waals surface area contributed by atoms with Gasteiger partial charge in [0.1, 0.15) is 29.8 Å². The monoisotopic (exact) mass is 826 g/mol. The van der Waals surface area contributed by atoms with E-state index in [2.05, 4.69) is 77.8 Å². The van der Waals surface area contributed by atoms with Crippen LogP contribution < -0.4 is 10.6 Å². The van der Waals surface area contributed by atoms with Crippen LogP contribution in [0.3, 0.4) is 0 Å². The van der Waals surface area contributed by atoms with Crippen molar-refractivity contribution in [3.63, 3.8) is 0 Å². The summed E-state index contributed by atoms with van der Waals surface area (Å²) in [4.78, 5) is 70.3. The molecule has 0 radical (unpaired) electrons. The van der Waals surface area contributed by atoms with E-state index in [4.69, 9.17) is 4.74 Å². The van der Waals surface area contributed by atoms with Crippen molar-refractivity contribution in [3.05, 3.63) is 121 Å². The summed E-state index contributed by atoms with van der Waals surface area (Å²) in [5.74, 6) is 0.802. The van der Waals surface area contributed by atoms with Gasteiger partial charge in [-0.25, -0.2) is 19.6 Å². The predicted molar refractivity (Wildman–Crippen MR) is 235 cm³/mol. The molecule has 1 atom stereocenters. The van der Waals surface area contributed by atoms with Crippen LogP contribution in [0.25, 0.3) is 44.4 Å². The number of fused-ring (bicyclic) bond motifs is 1. The second-order valence-electron chi connectivity index (χ2n) is 15.8. The predicted octanol–water partition coefficient (Wildman–Crippen LogP) is 8.39. The number of H-pyrrole nitrogens is 2. The molecule has 0 spiro atoms. The minimum Gasteiger partial charge on any atom is -0.453 e. The molecule has 0 aliphatic heterocycles. The lowest BCUT2D eigenvalue weighted by Gasteiger charge is -2.28. The molecule has 0 aliphatic rings. The maximum atomic E-state index is 14.0. The van der Waals surface area contributed by atoms with E-state index in [0.717, 1.165) is 57.3 Å². The largest absolute Gasteiger partial charge is 0.453 e. The average Bonchev–Trinajstić information content (AvgIpc) is 3.93. The molecule has 6 rings (SSSR count). The lowest BCUT2D eigenvalue weighted by Crippen LogP contribution is -2.44. The number of hydrogen-bond donors (Lipinski definition) is 4. The van der Waals surface area contributed by atoms with E-state index in [1.807, 2.05) is 62.4 Å². The van der Waals surface area contributed by atoms with Gasteiger partial charge in [0.25, 0.3) is 0 Å². The average molecular weight is 827 g/mol. The van der Waals surface area contributed by atoms with E-state index in [0.29, 0.717) is 30.3 Å². The molecule has 61 heavy (non-hydrogen) atoms. The van der Waals surface area contributed by atoms with E-state index in [9.17, 15) is 19.2 Å². The first-order chi connectivity index (χ1) is 29.3. The Balaban J connectivity index is 1.11. The van der Waals surface area contributed by atoms with Gasteiger partial charge in [-0.05, 0) is 78.8 Å². The smallest absolute Gasteiger partial charge is 0.408 e. The van der Waals surface area contributed by atoms with E-state index >= 15 is 0 Å². The summed E-state index contributed by atoms with van der Waals surface area (Å²) < 4.78 is 10.1.